The Kier molecular flexibility index (Phi) is 6.64. The Balaban J connectivity index is 1.24. The standard InChI is InChI=1S/C29H21F2N3O5S/c1-36-18-11-24(19-13-26(39-25(19)12-18)22-14-34-28(32-22)40-29(33-34)37-2)38-15-17-6-3-5-16(9-17)10-23(35)27-20(30)7-4-8-21(27)31/h3-9,11-14H,10,15H2,1-2H3. The van der Waals surface area contributed by atoms with Crippen LogP contribution in [-0.2, 0) is 13.0 Å². The van der Waals surface area contributed by atoms with Crippen molar-refractivity contribution in [2.45, 2.75) is 13.0 Å². The molecule has 0 amide bonds. The van der Waals surface area contributed by atoms with E-state index in [9.17, 15) is 13.6 Å². The molecule has 0 N–H and O–H groups in total. The van der Waals surface area contributed by atoms with E-state index in [2.05, 4.69) is 10.1 Å². The minimum Gasteiger partial charge on any atom is -0.496 e. The zero-order chi connectivity index (χ0) is 27.8. The first kappa shape index (κ1) is 25.5. The predicted molar refractivity (Wildman–Crippen MR) is 144 cm³/mol. The van der Waals surface area contributed by atoms with Gasteiger partial charge in [0, 0.05) is 18.6 Å². The Bertz CT molecular complexity index is 1830. The molecule has 0 atom stereocenters. The number of nitrogens with zero attached hydrogens (tertiary/aromatic N) is 3. The average molecular weight is 562 g/mol. The van der Waals surface area contributed by atoms with Crippen LogP contribution in [0.25, 0.3) is 27.4 Å². The van der Waals surface area contributed by atoms with Crippen molar-refractivity contribution in [3.63, 3.8) is 0 Å². The molecule has 0 radical (unpaired) electrons. The average Bonchev–Trinajstić information content (AvgIpc) is 3.65. The van der Waals surface area contributed by atoms with Gasteiger partial charge in [-0.3, -0.25) is 4.79 Å². The van der Waals surface area contributed by atoms with E-state index in [4.69, 9.17) is 18.6 Å². The van der Waals surface area contributed by atoms with Gasteiger partial charge in [0.1, 0.15) is 41.0 Å². The maximum absolute atomic E-state index is 14.0. The summed E-state index contributed by atoms with van der Waals surface area (Å²) in [5.41, 5.74) is 2.00. The van der Waals surface area contributed by atoms with Gasteiger partial charge in [0.2, 0.25) is 4.96 Å². The van der Waals surface area contributed by atoms with Crippen molar-refractivity contribution in [1.82, 2.24) is 14.6 Å². The largest absolute Gasteiger partial charge is 0.496 e. The normalized spacial score (nSPS) is 11.3. The van der Waals surface area contributed by atoms with Crippen LogP contribution in [0, 0.1) is 11.6 Å². The van der Waals surface area contributed by atoms with E-state index < -0.39 is 23.0 Å². The van der Waals surface area contributed by atoms with Gasteiger partial charge in [-0.05, 0) is 40.7 Å². The Labute approximate surface area is 230 Å². The number of methoxy groups -OCH3 is 2. The summed E-state index contributed by atoms with van der Waals surface area (Å²) in [6.07, 6.45) is 1.60. The molecule has 3 aromatic heterocycles. The van der Waals surface area contributed by atoms with E-state index in [0.29, 0.717) is 44.3 Å². The molecule has 0 saturated carbocycles. The van der Waals surface area contributed by atoms with E-state index in [1.165, 1.54) is 17.4 Å². The summed E-state index contributed by atoms with van der Waals surface area (Å²) in [5, 5.41) is 5.52. The highest BCUT2D eigenvalue weighted by molar-refractivity contribution is 7.18. The first-order valence-corrected chi connectivity index (χ1v) is 12.9. The molecule has 40 heavy (non-hydrogen) atoms. The first-order chi connectivity index (χ1) is 19.4. The molecule has 0 spiro atoms. The molecular weight excluding hydrogens is 540 g/mol. The second-order valence-electron chi connectivity index (χ2n) is 8.88. The third-order valence-corrected chi connectivity index (χ3v) is 7.14. The van der Waals surface area contributed by atoms with Crippen LogP contribution < -0.4 is 14.2 Å². The summed E-state index contributed by atoms with van der Waals surface area (Å²) < 4.78 is 52.6. The molecular formula is C29H21F2N3O5S. The van der Waals surface area contributed by atoms with Crippen LogP contribution >= 0.6 is 11.3 Å². The predicted octanol–water partition coefficient (Wildman–Crippen LogP) is 6.50. The highest BCUT2D eigenvalue weighted by Crippen LogP contribution is 2.37. The van der Waals surface area contributed by atoms with Gasteiger partial charge in [0.05, 0.1) is 31.4 Å². The number of ether oxygens (including phenoxy) is 3. The topological polar surface area (TPSA) is 88.1 Å². The van der Waals surface area contributed by atoms with Gasteiger partial charge in [-0.1, -0.05) is 30.3 Å². The van der Waals surface area contributed by atoms with Gasteiger partial charge in [0.15, 0.2) is 11.5 Å². The van der Waals surface area contributed by atoms with Crippen molar-refractivity contribution in [2.75, 3.05) is 14.2 Å². The molecule has 0 fully saturated rings. The van der Waals surface area contributed by atoms with E-state index >= 15 is 0 Å². The van der Waals surface area contributed by atoms with Crippen LogP contribution in [0.1, 0.15) is 21.5 Å². The van der Waals surface area contributed by atoms with E-state index in [1.54, 1.807) is 55.3 Å². The second kappa shape index (κ2) is 10.4. The molecule has 6 rings (SSSR count). The first-order valence-electron chi connectivity index (χ1n) is 12.1. The Hall–Kier alpha value is -4.77. The number of halogens is 2. The molecule has 0 bridgehead atoms. The van der Waals surface area contributed by atoms with Gasteiger partial charge in [-0.25, -0.2) is 18.3 Å². The second-order valence-corrected chi connectivity index (χ2v) is 9.80. The summed E-state index contributed by atoms with van der Waals surface area (Å²) in [7, 11) is 3.10. The molecule has 202 valence electrons. The van der Waals surface area contributed by atoms with Crippen LogP contribution in [-0.4, -0.2) is 34.6 Å². The summed E-state index contributed by atoms with van der Waals surface area (Å²) >= 11 is 1.31. The lowest BCUT2D eigenvalue weighted by Crippen LogP contribution is -2.09. The fourth-order valence-electron chi connectivity index (χ4n) is 4.36. The lowest BCUT2D eigenvalue weighted by Gasteiger charge is -2.10. The summed E-state index contributed by atoms with van der Waals surface area (Å²) in [5.74, 6) is -0.783. The van der Waals surface area contributed by atoms with Gasteiger partial charge < -0.3 is 18.6 Å². The molecule has 11 heteroatoms. The number of fused-ring (bicyclic) bond motifs is 2. The van der Waals surface area contributed by atoms with Gasteiger partial charge >= 0.3 is 0 Å². The highest BCUT2D eigenvalue weighted by Gasteiger charge is 2.19. The Morgan fingerprint density at radius 1 is 1.00 bits per heavy atom. The number of carbonyl (C=O) groups excluding carboxylic acids is 1. The monoisotopic (exact) mass is 561 g/mol. The van der Waals surface area contributed by atoms with E-state index in [0.717, 1.165) is 23.1 Å². The van der Waals surface area contributed by atoms with Crippen molar-refractivity contribution < 1.29 is 32.2 Å². The number of imidazole rings is 1. The number of rotatable bonds is 9. The molecule has 0 aliphatic heterocycles. The molecule has 0 saturated heterocycles. The molecule has 0 unspecified atom stereocenters. The molecule has 6 aromatic rings. The third-order valence-electron chi connectivity index (χ3n) is 6.25. The van der Waals surface area contributed by atoms with Crippen molar-refractivity contribution in [3.05, 3.63) is 95.2 Å². The van der Waals surface area contributed by atoms with E-state index in [-0.39, 0.29) is 13.0 Å². The van der Waals surface area contributed by atoms with Crippen molar-refractivity contribution >= 4 is 33.1 Å². The van der Waals surface area contributed by atoms with Crippen LogP contribution in [0.5, 0.6) is 16.7 Å². The number of aromatic nitrogens is 3. The Morgan fingerprint density at radius 2 is 1.77 bits per heavy atom. The summed E-state index contributed by atoms with van der Waals surface area (Å²) in [4.78, 5) is 17.8. The number of benzene rings is 3. The fourth-order valence-corrected chi connectivity index (χ4v) is 5.06. The molecule has 3 heterocycles. The smallest absolute Gasteiger partial charge is 0.294 e. The summed E-state index contributed by atoms with van der Waals surface area (Å²) in [6.45, 7) is 0.169. The number of furan rings is 1. The zero-order valence-electron chi connectivity index (χ0n) is 21.3. The summed E-state index contributed by atoms with van der Waals surface area (Å²) in [6, 6.07) is 15.8. The highest BCUT2D eigenvalue weighted by atomic mass is 32.1. The van der Waals surface area contributed by atoms with Crippen molar-refractivity contribution in [2.24, 2.45) is 0 Å². The van der Waals surface area contributed by atoms with Gasteiger partial charge in [-0.15, -0.1) is 5.10 Å². The lowest BCUT2D eigenvalue weighted by molar-refractivity contribution is 0.0985. The van der Waals surface area contributed by atoms with Crippen molar-refractivity contribution in [3.8, 4) is 28.1 Å². The fraction of sp³-hybridized carbons (Fsp3) is 0.138. The number of carbonyl (C=O) groups is 1. The third kappa shape index (κ3) is 4.87. The van der Waals surface area contributed by atoms with Gasteiger partial charge in [0.25, 0.3) is 5.19 Å². The SMILES string of the molecule is COc1cc(OCc2cccc(CC(=O)c3c(F)cccc3F)c2)c2cc(-c3cn4nc(OC)sc4n3)oc2c1. The van der Waals surface area contributed by atoms with Crippen molar-refractivity contribution in [1.29, 1.82) is 0 Å². The quantitative estimate of drug-likeness (QED) is 0.186. The van der Waals surface area contributed by atoms with Crippen LogP contribution in [0.4, 0.5) is 8.78 Å². The van der Waals surface area contributed by atoms with Gasteiger partial charge in [-0.2, -0.15) is 0 Å². The molecule has 0 aliphatic carbocycles. The molecule has 8 nitrogen and oxygen atoms in total. The van der Waals surface area contributed by atoms with Crippen LogP contribution in [0.3, 0.4) is 0 Å². The number of hydrogen-bond donors (Lipinski definition) is 0. The minimum absolute atomic E-state index is 0.150. The lowest BCUT2D eigenvalue weighted by atomic mass is 10.0. The van der Waals surface area contributed by atoms with E-state index in [1.807, 2.05) is 12.1 Å². The minimum atomic E-state index is -0.877. The number of hydrogen-bond acceptors (Lipinski definition) is 8. The van der Waals surface area contributed by atoms with Crippen LogP contribution in [0.15, 0.2) is 71.3 Å². The number of ketones is 1. The zero-order valence-corrected chi connectivity index (χ0v) is 22.1. The maximum Gasteiger partial charge on any atom is 0.294 e. The van der Waals surface area contributed by atoms with Crippen LogP contribution in [0.2, 0.25) is 0 Å². The Morgan fingerprint density at radius 3 is 2.52 bits per heavy atom. The molecule has 0 aliphatic rings. The molecule has 3 aromatic carbocycles. The number of Topliss-reactive ketones (excluding diaryl/α,β-unsaturated/α-hetero) is 1. The maximum atomic E-state index is 14.0.